The number of carbonyl (C=O) groups is 1. The Bertz CT molecular complexity index is 789. The average Bonchev–Trinajstić information content (AvgIpc) is 3.15. The van der Waals surface area contributed by atoms with E-state index in [9.17, 15) is 4.79 Å². The third-order valence-electron chi connectivity index (χ3n) is 6.72. The summed E-state index contributed by atoms with van der Waals surface area (Å²) >= 11 is 0. The smallest absolute Gasteiger partial charge is 0.185 e. The highest BCUT2D eigenvalue weighted by Crippen LogP contribution is 2.56. The van der Waals surface area contributed by atoms with Crippen LogP contribution in [0.15, 0.2) is 16.5 Å². The molecule has 3 nitrogen and oxygen atoms in total. The average molecular weight is 401 g/mol. The van der Waals surface area contributed by atoms with Crippen LogP contribution in [0.3, 0.4) is 0 Å². The third kappa shape index (κ3) is 4.31. The molecule has 0 saturated heterocycles. The maximum atomic E-state index is 12.4. The van der Waals surface area contributed by atoms with Crippen LogP contribution in [0.2, 0.25) is 19.6 Å². The molecule has 0 N–H and O–H groups in total. The lowest BCUT2D eigenvalue weighted by atomic mass is 9.62. The zero-order valence-corrected chi connectivity index (χ0v) is 19.6. The molecule has 4 atom stereocenters. The Balaban J connectivity index is 1.72. The normalized spacial score (nSPS) is 29.2. The first-order valence-electron chi connectivity index (χ1n) is 10.8. The van der Waals surface area contributed by atoms with E-state index in [1.165, 1.54) is 0 Å². The fourth-order valence-corrected chi connectivity index (χ4v) is 7.25. The van der Waals surface area contributed by atoms with Crippen molar-refractivity contribution >= 4 is 14.1 Å². The summed E-state index contributed by atoms with van der Waals surface area (Å²) in [6, 6.07) is 3.94. The van der Waals surface area contributed by atoms with E-state index in [1.54, 1.807) is 0 Å². The number of hydrogen-bond donors (Lipinski definition) is 0. The van der Waals surface area contributed by atoms with Gasteiger partial charge in [0, 0.05) is 18.3 Å². The van der Waals surface area contributed by atoms with Crippen LogP contribution in [-0.4, -0.2) is 14.1 Å². The van der Waals surface area contributed by atoms with E-state index in [2.05, 4.69) is 59.2 Å². The second-order valence-electron chi connectivity index (χ2n) is 10.5. The van der Waals surface area contributed by atoms with E-state index in [1.807, 2.05) is 12.1 Å². The first-order chi connectivity index (χ1) is 12.9. The van der Waals surface area contributed by atoms with Crippen LogP contribution in [0, 0.1) is 35.0 Å². The largest absolute Gasteiger partial charge is 0.450 e. The van der Waals surface area contributed by atoms with Crippen LogP contribution in [0.25, 0.3) is 0 Å². The molecule has 1 aromatic rings. The Kier molecular flexibility index (Phi) is 5.73. The maximum Gasteiger partial charge on any atom is 0.185 e. The Morgan fingerprint density at radius 3 is 2.68 bits per heavy atom. The summed E-state index contributed by atoms with van der Waals surface area (Å²) in [4.78, 5) is 12.4. The highest BCUT2D eigenvalue weighted by molar-refractivity contribution is 6.69. The van der Waals surface area contributed by atoms with Gasteiger partial charge in [-0.1, -0.05) is 19.8 Å². The quantitative estimate of drug-likeness (QED) is 0.450. The fourth-order valence-electron chi connectivity index (χ4n) is 5.62. The monoisotopic (exact) mass is 400 g/mol. The molecule has 28 heavy (non-hydrogen) atoms. The van der Waals surface area contributed by atoms with Gasteiger partial charge in [0.25, 0.3) is 0 Å². The zero-order chi connectivity index (χ0) is 20.7. The third-order valence-corrected chi connectivity index (χ3v) is 7.85. The fraction of sp³-hybridized carbons (Fsp3) is 0.708. The summed E-state index contributed by atoms with van der Waals surface area (Å²) < 4.78 is 12.3. The predicted molar refractivity (Wildman–Crippen MR) is 115 cm³/mol. The second kappa shape index (κ2) is 7.50. The van der Waals surface area contributed by atoms with Gasteiger partial charge in [0.05, 0.1) is 0 Å². The van der Waals surface area contributed by atoms with Gasteiger partial charge in [0.1, 0.15) is 17.1 Å². The second-order valence-corrected chi connectivity index (χ2v) is 14.9. The summed E-state index contributed by atoms with van der Waals surface area (Å²) in [7, 11) is -1.67. The number of fused-ring (bicyclic) bond motifs is 1. The van der Waals surface area contributed by atoms with Crippen LogP contribution in [0.4, 0.5) is 0 Å². The molecule has 2 aliphatic rings. The number of furan rings is 1. The molecule has 2 saturated carbocycles. The Hall–Kier alpha value is -1.31. The van der Waals surface area contributed by atoms with E-state index >= 15 is 0 Å². The first kappa shape index (κ1) is 21.4. The van der Waals surface area contributed by atoms with Crippen LogP contribution in [0.1, 0.15) is 71.3 Å². The zero-order valence-electron chi connectivity index (χ0n) is 18.6. The van der Waals surface area contributed by atoms with Crippen molar-refractivity contribution in [3.05, 3.63) is 23.7 Å². The van der Waals surface area contributed by atoms with Crippen molar-refractivity contribution in [2.75, 3.05) is 0 Å². The van der Waals surface area contributed by atoms with E-state index in [-0.39, 0.29) is 17.3 Å². The van der Waals surface area contributed by atoms with E-state index in [0.29, 0.717) is 17.5 Å². The van der Waals surface area contributed by atoms with E-state index in [0.717, 1.165) is 37.9 Å². The molecule has 0 amide bonds. The molecule has 154 valence electrons. The summed E-state index contributed by atoms with van der Waals surface area (Å²) in [5, 5.41) is 0. The minimum absolute atomic E-state index is 0.130. The first-order valence-corrected chi connectivity index (χ1v) is 14.2. The highest BCUT2D eigenvalue weighted by atomic mass is 28.4. The predicted octanol–water partition coefficient (Wildman–Crippen LogP) is 6.14. The van der Waals surface area contributed by atoms with Crippen molar-refractivity contribution in [1.82, 2.24) is 0 Å². The topological polar surface area (TPSA) is 39.4 Å². The van der Waals surface area contributed by atoms with Gasteiger partial charge in [-0.2, -0.15) is 0 Å². The van der Waals surface area contributed by atoms with E-state index < -0.39 is 13.9 Å². The van der Waals surface area contributed by atoms with Crippen molar-refractivity contribution in [2.45, 2.75) is 85.0 Å². The SMILES string of the molecule is CC(C#Cc1ccc(C(C)(C)O[Si](C)(C)C)o1)[C@H]1CC[C@@H]2C(=O)CCC[C@@]21C. The van der Waals surface area contributed by atoms with Crippen LogP contribution < -0.4 is 0 Å². The lowest BCUT2D eigenvalue weighted by Crippen LogP contribution is -2.39. The lowest BCUT2D eigenvalue weighted by Gasteiger charge is -2.41. The number of hydrogen-bond acceptors (Lipinski definition) is 3. The lowest BCUT2D eigenvalue weighted by molar-refractivity contribution is -0.129. The van der Waals surface area contributed by atoms with Gasteiger partial charge in [-0.05, 0) is 88.6 Å². The summed E-state index contributed by atoms with van der Waals surface area (Å²) in [6.45, 7) is 15.2. The molecule has 2 aliphatic carbocycles. The number of carbonyl (C=O) groups excluding carboxylic acids is 1. The Morgan fingerprint density at radius 2 is 2.00 bits per heavy atom. The molecule has 2 fully saturated rings. The van der Waals surface area contributed by atoms with Gasteiger partial charge in [-0.3, -0.25) is 4.79 Å². The Labute approximate surface area is 171 Å². The minimum Gasteiger partial charge on any atom is -0.450 e. The summed E-state index contributed by atoms with van der Waals surface area (Å²) in [5.41, 5.74) is -0.310. The van der Waals surface area contributed by atoms with E-state index in [4.69, 9.17) is 8.84 Å². The molecule has 0 aliphatic heterocycles. The molecule has 0 bridgehead atoms. The van der Waals surface area contributed by atoms with Crippen LogP contribution >= 0.6 is 0 Å². The Morgan fingerprint density at radius 1 is 1.29 bits per heavy atom. The molecular weight excluding hydrogens is 364 g/mol. The maximum absolute atomic E-state index is 12.4. The van der Waals surface area contributed by atoms with Gasteiger partial charge < -0.3 is 8.84 Å². The van der Waals surface area contributed by atoms with Gasteiger partial charge in [-0.15, -0.1) is 0 Å². The van der Waals surface area contributed by atoms with Crippen molar-refractivity contribution in [3.8, 4) is 11.8 Å². The molecule has 3 rings (SSSR count). The molecule has 4 heteroatoms. The standard InChI is InChI=1S/C24H36O3Si/c1-17(19-13-14-20-21(25)9-8-16-24(19,20)4)10-11-18-12-15-22(26-18)23(2,3)27-28(5,6)7/h12,15,17,19-20H,8-9,13-14,16H2,1-7H3/t17?,19-,20-,24-/m1/s1. The molecule has 0 aromatic carbocycles. The number of ketones is 1. The summed E-state index contributed by atoms with van der Waals surface area (Å²) in [5.74, 6) is 9.73. The molecule has 1 heterocycles. The van der Waals surface area contributed by atoms with Gasteiger partial charge >= 0.3 is 0 Å². The molecule has 0 radical (unpaired) electrons. The molecule has 0 spiro atoms. The highest BCUT2D eigenvalue weighted by Gasteiger charge is 2.52. The van der Waals surface area contributed by atoms with Crippen molar-refractivity contribution in [2.24, 2.45) is 23.2 Å². The molecule has 1 aromatic heterocycles. The molecule has 1 unspecified atom stereocenters. The number of rotatable bonds is 4. The van der Waals surface area contributed by atoms with Crippen molar-refractivity contribution in [3.63, 3.8) is 0 Å². The minimum atomic E-state index is -1.67. The van der Waals surface area contributed by atoms with Crippen LogP contribution in [-0.2, 0) is 14.8 Å². The van der Waals surface area contributed by atoms with Gasteiger partial charge in [0.2, 0.25) is 0 Å². The summed E-state index contributed by atoms with van der Waals surface area (Å²) in [6.07, 6.45) is 5.13. The van der Waals surface area contributed by atoms with Gasteiger partial charge in [0.15, 0.2) is 14.1 Å². The number of Topliss-reactive ketones (excluding diaryl/α,β-unsaturated/α-hetero) is 1. The van der Waals surface area contributed by atoms with Crippen molar-refractivity contribution in [1.29, 1.82) is 0 Å². The van der Waals surface area contributed by atoms with Gasteiger partial charge in [-0.25, -0.2) is 0 Å². The van der Waals surface area contributed by atoms with Crippen LogP contribution in [0.5, 0.6) is 0 Å². The van der Waals surface area contributed by atoms with Crippen molar-refractivity contribution < 1.29 is 13.6 Å². The molecular formula is C24H36O3Si.